The molecule has 3 N–H and O–H groups in total. The molecule has 2 rings (SSSR count). The molecule has 0 atom stereocenters. The highest BCUT2D eigenvalue weighted by Crippen LogP contribution is 2.18. The average Bonchev–Trinajstić information content (AvgIpc) is 2.77. The maximum Gasteiger partial charge on any atom is 0.240 e. The van der Waals surface area contributed by atoms with Crippen LogP contribution in [-0.4, -0.2) is 22.0 Å². The van der Waals surface area contributed by atoms with Gasteiger partial charge in [0, 0.05) is 30.9 Å². The second-order valence-corrected chi connectivity index (χ2v) is 4.12. The van der Waals surface area contributed by atoms with Crippen LogP contribution >= 0.6 is 0 Å². The second-order valence-electron chi connectivity index (χ2n) is 4.12. The Balaban J connectivity index is 2.17. The molecule has 0 unspecified atom stereocenters. The Labute approximate surface area is 110 Å². The molecule has 2 aromatic heterocycles. The largest absolute Gasteiger partial charge is 0.354 e. The van der Waals surface area contributed by atoms with E-state index in [0.29, 0.717) is 19.5 Å². The number of nitrogens with one attached hydrogen (secondary N) is 1. The first-order valence-corrected chi connectivity index (χ1v) is 6.02. The molecular formula is C13H15N5O. The number of carbonyl (C=O) groups excluding carboxylic acids is 1. The average molecular weight is 257 g/mol. The summed E-state index contributed by atoms with van der Waals surface area (Å²) in [6, 6.07) is 5.76. The third-order valence-electron chi connectivity index (χ3n) is 2.81. The van der Waals surface area contributed by atoms with Crippen molar-refractivity contribution in [2.24, 2.45) is 5.73 Å². The standard InChI is InChI=1S/C13H15N5O/c14-4-2-6-16-12(19)9-18-8-10(7-15)11-3-1-5-17-13(11)18/h1,3,5,8H,2,6-7,9,15H2,(H,16,19). The summed E-state index contributed by atoms with van der Waals surface area (Å²) in [6.45, 7) is 0.954. The highest BCUT2D eigenvalue weighted by atomic mass is 16.1. The van der Waals surface area contributed by atoms with Crippen molar-refractivity contribution in [2.75, 3.05) is 6.54 Å². The first-order chi connectivity index (χ1) is 9.26. The molecule has 2 heterocycles. The number of nitrogens with two attached hydrogens (primary N) is 1. The van der Waals surface area contributed by atoms with E-state index >= 15 is 0 Å². The summed E-state index contributed by atoms with van der Waals surface area (Å²) >= 11 is 0. The molecule has 0 fully saturated rings. The number of nitriles is 1. The molecule has 0 saturated carbocycles. The van der Waals surface area contributed by atoms with Gasteiger partial charge in [0.25, 0.3) is 0 Å². The van der Waals surface area contributed by atoms with E-state index in [4.69, 9.17) is 11.0 Å². The number of carbonyl (C=O) groups is 1. The third-order valence-corrected chi connectivity index (χ3v) is 2.81. The van der Waals surface area contributed by atoms with E-state index in [1.807, 2.05) is 24.4 Å². The van der Waals surface area contributed by atoms with Gasteiger partial charge < -0.3 is 15.6 Å². The second kappa shape index (κ2) is 5.98. The van der Waals surface area contributed by atoms with E-state index in [0.717, 1.165) is 16.6 Å². The minimum absolute atomic E-state index is 0.138. The highest BCUT2D eigenvalue weighted by molar-refractivity contribution is 5.83. The zero-order valence-electron chi connectivity index (χ0n) is 10.5. The number of fused-ring (bicyclic) bond motifs is 1. The number of pyridine rings is 1. The van der Waals surface area contributed by atoms with Crippen LogP contribution in [0.4, 0.5) is 0 Å². The van der Waals surface area contributed by atoms with E-state index in [2.05, 4.69) is 10.3 Å². The summed E-state index contributed by atoms with van der Waals surface area (Å²) in [7, 11) is 0. The maximum absolute atomic E-state index is 11.7. The van der Waals surface area contributed by atoms with Crippen molar-refractivity contribution in [2.45, 2.75) is 19.5 Å². The maximum atomic E-state index is 11.7. The number of hydrogen-bond donors (Lipinski definition) is 2. The van der Waals surface area contributed by atoms with Gasteiger partial charge >= 0.3 is 0 Å². The van der Waals surface area contributed by atoms with Crippen molar-refractivity contribution in [3.05, 3.63) is 30.1 Å². The molecule has 6 heteroatoms. The Morgan fingerprint density at radius 3 is 3.16 bits per heavy atom. The van der Waals surface area contributed by atoms with Gasteiger partial charge in [-0.25, -0.2) is 4.98 Å². The fourth-order valence-electron chi connectivity index (χ4n) is 1.95. The predicted octanol–water partition coefficient (Wildman–Crippen LogP) is 0.525. The highest BCUT2D eigenvalue weighted by Gasteiger charge is 2.10. The summed E-state index contributed by atoms with van der Waals surface area (Å²) in [6.07, 6.45) is 3.85. The fourth-order valence-corrected chi connectivity index (χ4v) is 1.95. The van der Waals surface area contributed by atoms with Gasteiger partial charge in [-0.15, -0.1) is 0 Å². The first kappa shape index (κ1) is 13.1. The SMILES string of the molecule is N#CCCNC(=O)Cn1cc(CN)c2cccnc21. The van der Waals surface area contributed by atoms with Crippen molar-refractivity contribution in [1.82, 2.24) is 14.9 Å². The molecule has 0 aliphatic rings. The number of rotatable bonds is 5. The lowest BCUT2D eigenvalue weighted by atomic mass is 10.2. The van der Waals surface area contributed by atoms with Crippen molar-refractivity contribution >= 4 is 16.9 Å². The Morgan fingerprint density at radius 1 is 1.58 bits per heavy atom. The normalized spacial score (nSPS) is 10.3. The smallest absolute Gasteiger partial charge is 0.240 e. The van der Waals surface area contributed by atoms with Crippen molar-refractivity contribution in [1.29, 1.82) is 5.26 Å². The van der Waals surface area contributed by atoms with E-state index in [1.54, 1.807) is 10.8 Å². The Hall–Kier alpha value is -2.39. The summed E-state index contributed by atoms with van der Waals surface area (Å²) in [5, 5.41) is 12.1. The molecule has 2 aromatic rings. The van der Waals surface area contributed by atoms with Gasteiger partial charge in [0.15, 0.2) is 0 Å². The van der Waals surface area contributed by atoms with E-state index < -0.39 is 0 Å². The molecule has 98 valence electrons. The van der Waals surface area contributed by atoms with E-state index in [1.165, 1.54) is 0 Å². The molecule has 0 spiro atoms. The van der Waals surface area contributed by atoms with E-state index in [-0.39, 0.29) is 12.5 Å². The minimum Gasteiger partial charge on any atom is -0.354 e. The molecule has 0 aliphatic carbocycles. The van der Waals surface area contributed by atoms with Gasteiger partial charge in [0.05, 0.1) is 12.5 Å². The zero-order chi connectivity index (χ0) is 13.7. The van der Waals surface area contributed by atoms with Gasteiger partial charge in [-0.05, 0) is 17.7 Å². The zero-order valence-corrected chi connectivity index (χ0v) is 10.5. The van der Waals surface area contributed by atoms with Crippen LogP contribution < -0.4 is 11.1 Å². The summed E-state index contributed by atoms with van der Waals surface area (Å²) in [5.74, 6) is -0.138. The number of nitrogens with zero attached hydrogens (tertiary/aromatic N) is 3. The quantitative estimate of drug-likeness (QED) is 0.763. The van der Waals surface area contributed by atoms with Crippen LogP contribution in [0.3, 0.4) is 0 Å². The summed E-state index contributed by atoms with van der Waals surface area (Å²) in [5.41, 5.74) is 7.39. The molecule has 0 radical (unpaired) electrons. The topological polar surface area (TPSA) is 96.7 Å². The van der Waals surface area contributed by atoms with Crippen molar-refractivity contribution in [3.63, 3.8) is 0 Å². The molecule has 0 aromatic carbocycles. The van der Waals surface area contributed by atoms with E-state index in [9.17, 15) is 4.79 Å². The lowest BCUT2D eigenvalue weighted by Gasteiger charge is -2.05. The van der Waals surface area contributed by atoms with Gasteiger partial charge in [-0.2, -0.15) is 5.26 Å². The van der Waals surface area contributed by atoms with Crippen LogP contribution in [0, 0.1) is 11.3 Å². The molecule has 0 saturated heterocycles. The Morgan fingerprint density at radius 2 is 2.42 bits per heavy atom. The van der Waals surface area contributed by atoms with Gasteiger partial charge in [-0.3, -0.25) is 4.79 Å². The van der Waals surface area contributed by atoms with Crippen molar-refractivity contribution in [3.8, 4) is 6.07 Å². The van der Waals surface area contributed by atoms with Gasteiger partial charge in [0.2, 0.25) is 5.91 Å². The molecule has 0 bridgehead atoms. The molecule has 6 nitrogen and oxygen atoms in total. The van der Waals surface area contributed by atoms with Crippen LogP contribution in [-0.2, 0) is 17.9 Å². The fraction of sp³-hybridized carbons (Fsp3) is 0.308. The Kier molecular flexibility index (Phi) is 4.11. The minimum atomic E-state index is -0.138. The van der Waals surface area contributed by atoms with Crippen LogP contribution in [0.1, 0.15) is 12.0 Å². The predicted molar refractivity (Wildman–Crippen MR) is 70.9 cm³/mol. The third kappa shape index (κ3) is 2.89. The number of hydrogen-bond acceptors (Lipinski definition) is 4. The lowest BCUT2D eigenvalue weighted by molar-refractivity contribution is -0.121. The number of aromatic nitrogens is 2. The summed E-state index contributed by atoms with van der Waals surface area (Å²) < 4.78 is 1.78. The van der Waals surface area contributed by atoms with Crippen molar-refractivity contribution < 1.29 is 4.79 Å². The number of amides is 1. The van der Waals surface area contributed by atoms with Crippen LogP contribution in [0.15, 0.2) is 24.5 Å². The molecule has 1 amide bonds. The molecule has 0 aliphatic heterocycles. The van der Waals surface area contributed by atoms with Crippen LogP contribution in [0.5, 0.6) is 0 Å². The van der Waals surface area contributed by atoms with Gasteiger partial charge in [-0.1, -0.05) is 0 Å². The van der Waals surface area contributed by atoms with Gasteiger partial charge in [0.1, 0.15) is 12.2 Å². The summed E-state index contributed by atoms with van der Waals surface area (Å²) in [4.78, 5) is 16.0. The molecular weight excluding hydrogens is 242 g/mol. The lowest BCUT2D eigenvalue weighted by Crippen LogP contribution is -2.28. The monoisotopic (exact) mass is 257 g/mol. The molecule has 19 heavy (non-hydrogen) atoms. The van der Waals surface area contributed by atoms with Crippen LogP contribution in [0.25, 0.3) is 11.0 Å². The van der Waals surface area contributed by atoms with Crippen LogP contribution in [0.2, 0.25) is 0 Å². The first-order valence-electron chi connectivity index (χ1n) is 6.02. The Bertz CT molecular complexity index is 625.